The van der Waals surface area contributed by atoms with Crippen LogP contribution in [-0.4, -0.2) is 38.7 Å². The van der Waals surface area contributed by atoms with Crippen molar-refractivity contribution in [1.82, 2.24) is 4.90 Å². The van der Waals surface area contributed by atoms with Gasteiger partial charge < -0.3 is 10.2 Å². The van der Waals surface area contributed by atoms with Crippen LogP contribution in [0.15, 0.2) is 71.6 Å². The Kier molecular flexibility index (Phi) is 7.40. The number of nitrogens with zero attached hydrogens (tertiary/aromatic N) is 1. The molecule has 0 fully saturated rings. The van der Waals surface area contributed by atoms with E-state index in [0.29, 0.717) is 16.4 Å². The van der Waals surface area contributed by atoms with Gasteiger partial charge in [-0.2, -0.15) is 0 Å². The van der Waals surface area contributed by atoms with Gasteiger partial charge in [-0.05, 0) is 67.4 Å². The molecule has 0 radical (unpaired) electrons. The summed E-state index contributed by atoms with van der Waals surface area (Å²) < 4.78 is 28.1. The number of aryl methyl sites for hydroxylation is 1. The van der Waals surface area contributed by atoms with Crippen molar-refractivity contribution in [3.05, 3.63) is 88.4 Å². The van der Waals surface area contributed by atoms with Crippen molar-refractivity contribution in [1.29, 1.82) is 0 Å². The zero-order valence-corrected chi connectivity index (χ0v) is 20.0. The Morgan fingerprint density at radius 1 is 0.909 bits per heavy atom. The van der Waals surface area contributed by atoms with Gasteiger partial charge in [0.25, 0.3) is 15.9 Å². The van der Waals surface area contributed by atoms with Crippen LogP contribution >= 0.6 is 11.6 Å². The predicted octanol–water partition coefficient (Wildman–Crippen LogP) is 4.47. The molecule has 0 spiro atoms. The fraction of sp³-hybridized carbons (Fsp3) is 0.167. The number of anilines is 2. The van der Waals surface area contributed by atoms with Gasteiger partial charge in [0.05, 0.1) is 27.8 Å². The van der Waals surface area contributed by atoms with Crippen LogP contribution in [0.4, 0.5) is 11.4 Å². The predicted molar refractivity (Wildman–Crippen MR) is 130 cm³/mol. The summed E-state index contributed by atoms with van der Waals surface area (Å²) in [7, 11) is -2.34. The molecule has 0 aromatic heterocycles. The maximum absolute atomic E-state index is 12.8. The average Bonchev–Trinajstić information content (AvgIpc) is 2.78. The zero-order chi connectivity index (χ0) is 24.2. The van der Waals surface area contributed by atoms with Gasteiger partial charge in [0.15, 0.2) is 0 Å². The number of nitrogens with one attached hydrogen (secondary N) is 2. The summed E-state index contributed by atoms with van der Waals surface area (Å²) in [6.07, 6.45) is 0. The van der Waals surface area contributed by atoms with Gasteiger partial charge >= 0.3 is 0 Å². The summed E-state index contributed by atoms with van der Waals surface area (Å²) in [5, 5.41) is 3.05. The minimum atomic E-state index is -3.82. The number of sulfonamides is 1. The van der Waals surface area contributed by atoms with E-state index in [1.165, 1.54) is 36.2 Å². The van der Waals surface area contributed by atoms with Crippen LogP contribution in [-0.2, 0) is 14.8 Å². The van der Waals surface area contributed by atoms with Crippen LogP contribution in [0.25, 0.3) is 0 Å². The first kappa shape index (κ1) is 24.3. The zero-order valence-electron chi connectivity index (χ0n) is 18.4. The number of benzene rings is 3. The van der Waals surface area contributed by atoms with Gasteiger partial charge in [0.1, 0.15) is 0 Å². The van der Waals surface area contributed by atoms with E-state index < -0.39 is 21.8 Å². The van der Waals surface area contributed by atoms with Gasteiger partial charge in [0.2, 0.25) is 5.91 Å². The molecule has 3 rings (SSSR count). The molecule has 0 aliphatic carbocycles. The molecule has 9 heteroatoms. The standard InChI is InChI=1S/C24H24ClN3O4S/c1-16-7-6-10-21(17(16)2)27-33(31,32)19-13-11-18(12-14-19)24(30)28(3)15-23(29)26-22-9-5-4-8-20(22)25/h4-14,27H,15H2,1-3H3,(H,26,29). The highest BCUT2D eigenvalue weighted by molar-refractivity contribution is 7.92. The SMILES string of the molecule is Cc1cccc(NS(=O)(=O)c2ccc(C(=O)N(C)CC(=O)Nc3ccccc3Cl)cc2)c1C. The molecule has 3 aromatic rings. The average molecular weight is 486 g/mol. The lowest BCUT2D eigenvalue weighted by atomic mass is 10.1. The van der Waals surface area contributed by atoms with Gasteiger partial charge in [-0.15, -0.1) is 0 Å². The molecule has 0 saturated heterocycles. The minimum absolute atomic E-state index is 0.0269. The van der Waals surface area contributed by atoms with E-state index in [1.54, 1.807) is 36.4 Å². The normalized spacial score (nSPS) is 11.0. The van der Waals surface area contributed by atoms with E-state index in [4.69, 9.17) is 11.6 Å². The number of amides is 2. The number of hydrogen-bond donors (Lipinski definition) is 2. The lowest BCUT2D eigenvalue weighted by molar-refractivity contribution is -0.116. The molecule has 0 aliphatic rings. The Balaban J connectivity index is 1.67. The molecule has 2 amide bonds. The Hall–Kier alpha value is -3.36. The van der Waals surface area contributed by atoms with E-state index in [0.717, 1.165) is 11.1 Å². The van der Waals surface area contributed by atoms with E-state index in [1.807, 2.05) is 19.9 Å². The van der Waals surface area contributed by atoms with Crippen molar-refractivity contribution in [2.75, 3.05) is 23.6 Å². The molecule has 172 valence electrons. The fourth-order valence-electron chi connectivity index (χ4n) is 3.10. The highest BCUT2D eigenvalue weighted by atomic mass is 35.5. The molecule has 3 aromatic carbocycles. The van der Waals surface area contributed by atoms with Crippen molar-refractivity contribution in [2.45, 2.75) is 18.7 Å². The molecule has 2 N–H and O–H groups in total. The van der Waals surface area contributed by atoms with Gasteiger partial charge in [-0.25, -0.2) is 8.42 Å². The Bertz CT molecular complexity index is 1290. The maximum Gasteiger partial charge on any atom is 0.261 e. The van der Waals surface area contributed by atoms with Crippen LogP contribution in [0.2, 0.25) is 5.02 Å². The van der Waals surface area contributed by atoms with Crippen LogP contribution in [0.3, 0.4) is 0 Å². The number of hydrogen-bond acceptors (Lipinski definition) is 4. The number of carbonyl (C=O) groups is 2. The molecule has 0 aliphatic heterocycles. The smallest absolute Gasteiger partial charge is 0.261 e. The van der Waals surface area contributed by atoms with E-state index in [9.17, 15) is 18.0 Å². The van der Waals surface area contributed by atoms with Gasteiger partial charge in [-0.1, -0.05) is 35.9 Å². The number of halogens is 1. The van der Waals surface area contributed by atoms with Crippen LogP contribution < -0.4 is 10.0 Å². The lowest BCUT2D eigenvalue weighted by Gasteiger charge is -2.17. The number of rotatable bonds is 7. The van der Waals surface area contributed by atoms with E-state index in [2.05, 4.69) is 10.0 Å². The molecule has 0 atom stereocenters. The van der Waals surface area contributed by atoms with Crippen molar-refractivity contribution >= 4 is 44.8 Å². The van der Waals surface area contributed by atoms with Crippen LogP contribution in [0, 0.1) is 13.8 Å². The van der Waals surface area contributed by atoms with Crippen molar-refractivity contribution in [3.8, 4) is 0 Å². The number of carbonyl (C=O) groups excluding carboxylic acids is 2. The van der Waals surface area contributed by atoms with Crippen LogP contribution in [0.5, 0.6) is 0 Å². The molecular formula is C24H24ClN3O4S. The second kappa shape index (κ2) is 10.1. The summed E-state index contributed by atoms with van der Waals surface area (Å²) >= 11 is 6.03. The summed E-state index contributed by atoms with van der Waals surface area (Å²) in [5.41, 5.74) is 3.02. The summed E-state index contributed by atoms with van der Waals surface area (Å²) in [5.74, 6) is -0.827. The number of para-hydroxylation sites is 1. The van der Waals surface area contributed by atoms with Crippen molar-refractivity contribution < 1.29 is 18.0 Å². The molecule has 0 heterocycles. The summed E-state index contributed by atoms with van der Waals surface area (Å²) in [6, 6.07) is 17.7. The maximum atomic E-state index is 12.8. The first-order valence-electron chi connectivity index (χ1n) is 10.1. The highest BCUT2D eigenvalue weighted by Gasteiger charge is 2.19. The summed E-state index contributed by atoms with van der Waals surface area (Å²) in [4.78, 5) is 26.2. The largest absolute Gasteiger partial charge is 0.332 e. The van der Waals surface area contributed by atoms with E-state index in [-0.39, 0.29) is 17.0 Å². The Labute approximate surface area is 198 Å². The van der Waals surface area contributed by atoms with Gasteiger partial charge in [-0.3, -0.25) is 14.3 Å². The third-order valence-electron chi connectivity index (χ3n) is 5.14. The fourth-order valence-corrected chi connectivity index (χ4v) is 4.41. The molecular weight excluding hydrogens is 462 g/mol. The molecule has 0 bridgehead atoms. The highest BCUT2D eigenvalue weighted by Crippen LogP contribution is 2.23. The number of likely N-dealkylation sites (N-methyl/N-ethyl adjacent to an activating group) is 1. The van der Waals surface area contributed by atoms with E-state index >= 15 is 0 Å². The summed E-state index contributed by atoms with van der Waals surface area (Å²) in [6.45, 7) is 3.55. The molecule has 33 heavy (non-hydrogen) atoms. The van der Waals surface area contributed by atoms with Crippen molar-refractivity contribution in [2.24, 2.45) is 0 Å². The molecule has 7 nitrogen and oxygen atoms in total. The first-order valence-corrected chi connectivity index (χ1v) is 11.9. The topological polar surface area (TPSA) is 95.6 Å². The first-order chi connectivity index (χ1) is 15.6. The van der Waals surface area contributed by atoms with Crippen molar-refractivity contribution in [3.63, 3.8) is 0 Å². The monoisotopic (exact) mass is 485 g/mol. The minimum Gasteiger partial charge on any atom is -0.332 e. The quantitative estimate of drug-likeness (QED) is 0.516. The third kappa shape index (κ3) is 5.91. The Morgan fingerprint density at radius 2 is 1.55 bits per heavy atom. The third-order valence-corrected chi connectivity index (χ3v) is 6.85. The van der Waals surface area contributed by atoms with Crippen LogP contribution in [0.1, 0.15) is 21.5 Å². The molecule has 0 unspecified atom stereocenters. The second-order valence-electron chi connectivity index (χ2n) is 7.57. The van der Waals surface area contributed by atoms with Gasteiger partial charge in [0, 0.05) is 12.6 Å². The lowest BCUT2D eigenvalue weighted by Crippen LogP contribution is -2.35. The second-order valence-corrected chi connectivity index (χ2v) is 9.66. The Morgan fingerprint density at radius 3 is 2.21 bits per heavy atom. The molecule has 0 saturated carbocycles.